The smallest absolute Gasteiger partial charge is 0.131 e. The third kappa shape index (κ3) is 2.96. The van der Waals surface area contributed by atoms with Crippen LogP contribution in [0, 0.1) is 5.82 Å². The van der Waals surface area contributed by atoms with E-state index in [1.165, 1.54) is 6.07 Å². The lowest BCUT2D eigenvalue weighted by molar-refractivity contribution is 0.0249. The molecule has 1 aromatic carbocycles. The van der Waals surface area contributed by atoms with Crippen LogP contribution in [0.2, 0.25) is 0 Å². The number of rotatable bonds is 3. The summed E-state index contributed by atoms with van der Waals surface area (Å²) in [6, 6.07) is 4.47. The van der Waals surface area contributed by atoms with E-state index in [4.69, 9.17) is 15.2 Å². The molecule has 4 heteroatoms. The normalized spacial score (nSPS) is 19.0. The van der Waals surface area contributed by atoms with Crippen LogP contribution in [-0.2, 0) is 4.74 Å². The minimum Gasteiger partial charge on any atom is -0.490 e. The molecule has 2 rings (SSSR count). The van der Waals surface area contributed by atoms with E-state index in [2.05, 4.69) is 0 Å². The van der Waals surface area contributed by atoms with Gasteiger partial charge in [-0.1, -0.05) is 6.07 Å². The minimum atomic E-state index is -0.369. The summed E-state index contributed by atoms with van der Waals surface area (Å²) >= 11 is 0. The van der Waals surface area contributed by atoms with Crippen molar-refractivity contribution < 1.29 is 13.9 Å². The molecule has 1 aromatic rings. The molecule has 0 spiro atoms. The molecule has 0 bridgehead atoms. The lowest BCUT2D eigenvalue weighted by Gasteiger charge is -2.25. The predicted octanol–water partition coefficient (Wildman–Crippen LogP) is 2.40. The Labute approximate surface area is 101 Å². The summed E-state index contributed by atoms with van der Waals surface area (Å²) in [5.74, 6) is 0.261. The molecule has 1 atom stereocenters. The molecule has 0 aromatic heterocycles. The predicted molar refractivity (Wildman–Crippen MR) is 63.5 cm³/mol. The van der Waals surface area contributed by atoms with Gasteiger partial charge in [0.25, 0.3) is 0 Å². The second-order valence-corrected chi connectivity index (χ2v) is 4.37. The number of ether oxygens (including phenoxy) is 2. The zero-order valence-corrected chi connectivity index (χ0v) is 9.99. The summed E-state index contributed by atoms with van der Waals surface area (Å²) in [6.07, 6.45) is 1.78. The van der Waals surface area contributed by atoms with Gasteiger partial charge in [-0.2, -0.15) is 0 Å². The third-order valence-electron chi connectivity index (χ3n) is 2.93. The highest BCUT2D eigenvalue weighted by Crippen LogP contribution is 2.28. The van der Waals surface area contributed by atoms with Gasteiger partial charge in [-0.15, -0.1) is 0 Å². The van der Waals surface area contributed by atoms with E-state index >= 15 is 0 Å². The first-order valence-electron chi connectivity index (χ1n) is 5.97. The van der Waals surface area contributed by atoms with E-state index < -0.39 is 0 Å². The van der Waals surface area contributed by atoms with Crippen LogP contribution in [0.3, 0.4) is 0 Å². The van der Waals surface area contributed by atoms with E-state index in [0.717, 1.165) is 12.8 Å². The van der Waals surface area contributed by atoms with Gasteiger partial charge >= 0.3 is 0 Å². The lowest BCUT2D eigenvalue weighted by atomic mass is 10.1. The summed E-state index contributed by atoms with van der Waals surface area (Å²) < 4.78 is 24.8. The molecule has 2 N–H and O–H groups in total. The first kappa shape index (κ1) is 12.3. The maximum Gasteiger partial charge on any atom is 0.131 e. The van der Waals surface area contributed by atoms with Gasteiger partial charge in [-0.25, -0.2) is 4.39 Å². The topological polar surface area (TPSA) is 44.5 Å². The maximum absolute atomic E-state index is 13.7. The highest BCUT2D eigenvalue weighted by molar-refractivity contribution is 5.37. The monoisotopic (exact) mass is 239 g/mol. The largest absolute Gasteiger partial charge is 0.490 e. The lowest BCUT2D eigenvalue weighted by Crippen LogP contribution is -2.26. The first-order chi connectivity index (χ1) is 8.18. The van der Waals surface area contributed by atoms with E-state index in [1.54, 1.807) is 19.1 Å². The Morgan fingerprint density at radius 1 is 1.41 bits per heavy atom. The minimum absolute atomic E-state index is 0.100. The molecule has 0 aliphatic carbocycles. The number of hydrogen-bond acceptors (Lipinski definition) is 3. The van der Waals surface area contributed by atoms with E-state index in [9.17, 15) is 4.39 Å². The molecule has 3 nitrogen and oxygen atoms in total. The fourth-order valence-electron chi connectivity index (χ4n) is 2.04. The van der Waals surface area contributed by atoms with Gasteiger partial charge in [-0.05, 0) is 19.1 Å². The average molecular weight is 239 g/mol. The van der Waals surface area contributed by atoms with E-state index in [1.807, 2.05) is 0 Å². The van der Waals surface area contributed by atoms with Crippen molar-refractivity contribution in [3.8, 4) is 5.75 Å². The molecular formula is C13H18FNO2. The number of hydrogen-bond donors (Lipinski definition) is 1. The van der Waals surface area contributed by atoms with Crippen LogP contribution in [0.15, 0.2) is 18.2 Å². The van der Waals surface area contributed by atoms with Crippen molar-refractivity contribution in [3.63, 3.8) is 0 Å². The van der Waals surface area contributed by atoms with Crippen molar-refractivity contribution >= 4 is 0 Å². The maximum atomic E-state index is 13.7. The fourth-order valence-corrected chi connectivity index (χ4v) is 2.04. The van der Waals surface area contributed by atoms with Gasteiger partial charge < -0.3 is 15.2 Å². The van der Waals surface area contributed by atoms with Crippen LogP contribution in [0.4, 0.5) is 4.39 Å². The first-order valence-corrected chi connectivity index (χ1v) is 5.97. The van der Waals surface area contributed by atoms with Gasteiger partial charge in [0.05, 0.1) is 13.2 Å². The Bertz CT molecular complexity index is 376. The van der Waals surface area contributed by atoms with Gasteiger partial charge in [0.1, 0.15) is 17.7 Å². The fraction of sp³-hybridized carbons (Fsp3) is 0.538. The molecule has 1 aliphatic rings. The molecule has 17 heavy (non-hydrogen) atoms. The summed E-state index contributed by atoms with van der Waals surface area (Å²) in [5, 5.41) is 0. The Kier molecular flexibility index (Phi) is 3.97. The van der Waals surface area contributed by atoms with E-state index in [-0.39, 0.29) is 18.0 Å². The molecule has 1 fully saturated rings. The van der Waals surface area contributed by atoms with Crippen LogP contribution < -0.4 is 10.5 Å². The van der Waals surface area contributed by atoms with E-state index in [0.29, 0.717) is 24.5 Å². The molecule has 0 amide bonds. The van der Waals surface area contributed by atoms with Crippen LogP contribution in [0.25, 0.3) is 0 Å². The molecule has 94 valence electrons. The van der Waals surface area contributed by atoms with Gasteiger partial charge in [0, 0.05) is 24.4 Å². The SMILES string of the molecule is C[C@@H](N)c1c(F)cccc1OC1CCOCC1. The Balaban J connectivity index is 2.16. The zero-order valence-electron chi connectivity index (χ0n) is 9.99. The summed E-state index contributed by atoms with van der Waals surface area (Å²) in [4.78, 5) is 0. The molecule has 1 aliphatic heterocycles. The number of halogens is 1. The van der Waals surface area contributed by atoms with Crippen molar-refractivity contribution in [2.75, 3.05) is 13.2 Å². The standard InChI is InChI=1S/C13H18FNO2/c1-9(15)13-11(14)3-2-4-12(13)17-10-5-7-16-8-6-10/h2-4,9-10H,5-8,15H2,1H3/t9-/m1/s1. The van der Waals surface area contributed by atoms with Crippen LogP contribution in [0.1, 0.15) is 31.4 Å². The zero-order chi connectivity index (χ0) is 12.3. The van der Waals surface area contributed by atoms with Crippen molar-refractivity contribution in [3.05, 3.63) is 29.6 Å². The summed E-state index contributed by atoms with van der Waals surface area (Å²) in [7, 11) is 0. The van der Waals surface area contributed by atoms with Crippen LogP contribution in [-0.4, -0.2) is 19.3 Å². The molecular weight excluding hydrogens is 221 g/mol. The molecule has 0 unspecified atom stereocenters. The molecule has 0 radical (unpaired) electrons. The van der Waals surface area contributed by atoms with Crippen LogP contribution >= 0.6 is 0 Å². The molecule has 1 saturated heterocycles. The highest BCUT2D eigenvalue weighted by Gasteiger charge is 2.19. The van der Waals surface area contributed by atoms with Crippen molar-refractivity contribution in [2.45, 2.75) is 31.9 Å². The van der Waals surface area contributed by atoms with Crippen molar-refractivity contribution in [1.82, 2.24) is 0 Å². The Morgan fingerprint density at radius 3 is 2.76 bits per heavy atom. The Hall–Kier alpha value is -1.13. The van der Waals surface area contributed by atoms with Crippen LogP contribution in [0.5, 0.6) is 5.75 Å². The quantitative estimate of drug-likeness (QED) is 0.881. The van der Waals surface area contributed by atoms with Gasteiger partial charge in [0.15, 0.2) is 0 Å². The number of benzene rings is 1. The second kappa shape index (κ2) is 5.47. The Morgan fingerprint density at radius 2 is 2.12 bits per heavy atom. The van der Waals surface area contributed by atoms with Gasteiger partial charge in [0.2, 0.25) is 0 Å². The molecule has 1 heterocycles. The number of nitrogens with two attached hydrogens (primary N) is 1. The highest BCUT2D eigenvalue weighted by atomic mass is 19.1. The third-order valence-corrected chi connectivity index (χ3v) is 2.93. The average Bonchev–Trinajstić information content (AvgIpc) is 2.30. The van der Waals surface area contributed by atoms with Crippen molar-refractivity contribution in [2.24, 2.45) is 5.73 Å². The second-order valence-electron chi connectivity index (χ2n) is 4.37. The molecule has 0 saturated carbocycles. The summed E-state index contributed by atoms with van der Waals surface area (Å²) in [6.45, 7) is 3.16. The van der Waals surface area contributed by atoms with Crippen molar-refractivity contribution in [1.29, 1.82) is 0 Å². The van der Waals surface area contributed by atoms with Gasteiger partial charge in [-0.3, -0.25) is 0 Å². The summed E-state index contributed by atoms with van der Waals surface area (Å²) in [5.41, 5.74) is 6.23.